The number of halogens is 3. The Bertz CT molecular complexity index is 1010. The summed E-state index contributed by atoms with van der Waals surface area (Å²) in [6.07, 6.45) is 3.51. The molecule has 0 aromatic heterocycles. The zero-order valence-electron chi connectivity index (χ0n) is 18.3. The molecule has 1 aliphatic rings. The maximum atomic E-state index is 12.2. The Labute approximate surface area is 191 Å². The molecule has 1 fully saturated rings. The molecule has 0 spiro atoms. The third-order valence-electron chi connectivity index (χ3n) is 4.86. The Kier molecular flexibility index (Phi) is 9.26. The molecule has 1 saturated heterocycles. The number of hydroxylamine groups is 1. The van der Waals surface area contributed by atoms with E-state index in [0.29, 0.717) is 24.3 Å². The van der Waals surface area contributed by atoms with E-state index in [0.717, 1.165) is 11.8 Å². The standard InChI is InChI=1S/C22H27F3N2O5S/c1-4-5-6-8-16(2)18-12-20(15-27(14-18)33(3,29)30)31-19-10-7-9-17(11-19)13-26-32-21(28)22(23,24)25/h4-11,18,20,26H,2,12-15H2,1,3H3/b5-4-,8-6-/t18-,20+/m0/s1. The second-order valence-electron chi connectivity index (χ2n) is 7.57. The number of allylic oxidation sites excluding steroid dienone is 4. The van der Waals surface area contributed by atoms with Gasteiger partial charge in [0, 0.05) is 12.5 Å². The molecule has 1 N–H and O–H groups in total. The molecule has 0 amide bonds. The van der Waals surface area contributed by atoms with Gasteiger partial charge in [-0.25, -0.2) is 13.2 Å². The number of carbonyl (C=O) groups is 1. The summed E-state index contributed by atoms with van der Waals surface area (Å²) in [5, 5.41) is 0. The first-order valence-corrected chi connectivity index (χ1v) is 11.9. The van der Waals surface area contributed by atoms with Crippen molar-refractivity contribution < 1.29 is 36.0 Å². The van der Waals surface area contributed by atoms with Crippen LogP contribution < -0.4 is 10.2 Å². The van der Waals surface area contributed by atoms with Crippen molar-refractivity contribution in [3.05, 3.63) is 66.3 Å². The van der Waals surface area contributed by atoms with Crippen LogP contribution >= 0.6 is 0 Å². The van der Waals surface area contributed by atoms with E-state index in [-0.39, 0.29) is 19.0 Å². The summed E-state index contributed by atoms with van der Waals surface area (Å²) in [7, 11) is -3.46. The number of carbonyl (C=O) groups excluding carboxylic acids is 1. The van der Waals surface area contributed by atoms with E-state index < -0.39 is 28.3 Å². The molecule has 2 atom stereocenters. The first-order valence-electron chi connectivity index (χ1n) is 10.1. The van der Waals surface area contributed by atoms with Crippen molar-refractivity contribution in [3.8, 4) is 5.75 Å². The average Bonchev–Trinajstić information content (AvgIpc) is 2.72. The number of alkyl halides is 3. The number of ether oxygens (including phenoxy) is 1. The summed E-state index contributed by atoms with van der Waals surface area (Å²) in [6.45, 7) is 6.23. The minimum absolute atomic E-state index is 0.147. The van der Waals surface area contributed by atoms with E-state index in [2.05, 4.69) is 11.4 Å². The van der Waals surface area contributed by atoms with E-state index in [9.17, 15) is 26.4 Å². The minimum Gasteiger partial charge on any atom is -0.489 e. The van der Waals surface area contributed by atoms with Crippen LogP contribution in [0.2, 0.25) is 0 Å². The van der Waals surface area contributed by atoms with Crippen LogP contribution in [-0.2, 0) is 26.2 Å². The summed E-state index contributed by atoms with van der Waals surface area (Å²) in [5.41, 5.74) is 3.26. The second-order valence-corrected chi connectivity index (χ2v) is 9.55. The van der Waals surface area contributed by atoms with Crippen LogP contribution in [0.3, 0.4) is 0 Å². The molecule has 1 aliphatic heterocycles. The number of piperidine rings is 1. The van der Waals surface area contributed by atoms with Crippen LogP contribution in [0.1, 0.15) is 18.9 Å². The molecule has 0 saturated carbocycles. The molecule has 182 valence electrons. The molecule has 11 heteroatoms. The lowest BCUT2D eigenvalue weighted by molar-refractivity contribution is -0.207. The fraction of sp³-hybridized carbons (Fsp3) is 0.409. The Hall–Kier alpha value is -2.63. The van der Waals surface area contributed by atoms with Crippen molar-refractivity contribution in [3.63, 3.8) is 0 Å². The van der Waals surface area contributed by atoms with Crippen LogP contribution in [0.25, 0.3) is 0 Å². The third kappa shape index (κ3) is 8.67. The maximum Gasteiger partial charge on any atom is 0.492 e. The molecule has 0 bridgehead atoms. The summed E-state index contributed by atoms with van der Waals surface area (Å²) >= 11 is 0. The Morgan fingerprint density at radius 3 is 2.67 bits per heavy atom. The van der Waals surface area contributed by atoms with Crippen LogP contribution in [0.5, 0.6) is 5.75 Å². The number of sulfonamides is 1. The predicted octanol–water partition coefficient (Wildman–Crippen LogP) is 3.51. The summed E-state index contributed by atoms with van der Waals surface area (Å²) in [5.74, 6) is -2.08. The fourth-order valence-electron chi connectivity index (χ4n) is 3.23. The molecule has 7 nitrogen and oxygen atoms in total. The van der Waals surface area contributed by atoms with Crippen molar-refractivity contribution in [1.82, 2.24) is 9.79 Å². The lowest BCUT2D eigenvalue weighted by Gasteiger charge is -2.36. The van der Waals surface area contributed by atoms with Crippen LogP contribution in [-0.4, -0.2) is 50.3 Å². The number of hydrogen-bond acceptors (Lipinski definition) is 6. The van der Waals surface area contributed by atoms with Gasteiger partial charge in [-0.05, 0) is 31.0 Å². The summed E-state index contributed by atoms with van der Waals surface area (Å²) in [4.78, 5) is 14.7. The zero-order valence-corrected chi connectivity index (χ0v) is 19.2. The quantitative estimate of drug-likeness (QED) is 0.423. The number of nitrogens with one attached hydrogen (secondary N) is 1. The number of hydrogen-bond donors (Lipinski definition) is 1. The van der Waals surface area contributed by atoms with Crippen molar-refractivity contribution in [2.45, 2.75) is 32.2 Å². The first kappa shape index (κ1) is 26.6. The number of benzene rings is 1. The normalized spacial score (nSPS) is 20.3. The maximum absolute atomic E-state index is 12.2. The van der Waals surface area contributed by atoms with Gasteiger partial charge >= 0.3 is 12.1 Å². The minimum atomic E-state index is -5.09. The van der Waals surface area contributed by atoms with E-state index in [1.54, 1.807) is 24.3 Å². The van der Waals surface area contributed by atoms with Gasteiger partial charge < -0.3 is 9.57 Å². The van der Waals surface area contributed by atoms with Crippen molar-refractivity contribution in [1.29, 1.82) is 0 Å². The number of nitrogens with zero attached hydrogens (tertiary/aromatic N) is 1. The van der Waals surface area contributed by atoms with E-state index in [1.807, 2.05) is 36.7 Å². The van der Waals surface area contributed by atoms with E-state index in [4.69, 9.17) is 4.74 Å². The highest BCUT2D eigenvalue weighted by molar-refractivity contribution is 7.88. The molecule has 0 radical (unpaired) electrons. The highest BCUT2D eigenvalue weighted by atomic mass is 32.2. The lowest BCUT2D eigenvalue weighted by atomic mass is 9.90. The Balaban J connectivity index is 2.07. The van der Waals surface area contributed by atoms with Gasteiger partial charge in [0.1, 0.15) is 11.9 Å². The van der Waals surface area contributed by atoms with Crippen molar-refractivity contribution in [2.75, 3.05) is 19.3 Å². The first-order chi connectivity index (χ1) is 15.4. The van der Waals surface area contributed by atoms with Crippen molar-refractivity contribution >= 4 is 16.0 Å². The van der Waals surface area contributed by atoms with Gasteiger partial charge in [-0.1, -0.05) is 48.6 Å². The van der Waals surface area contributed by atoms with Gasteiger partial charge in [0.05, 0.1) is 19.3 Å². The molecule has 0 aliphatic carbocycles. The molecule has 1 heterocycles. The SMILES string of the molecule is C=C(/C=C\C=C/C)[C@H]1C[C@@H](Oc2cccc(CNOC(=O)C(F)(F)F)c2)CN(S(C)(=O)=O)C1. The van der Waals surface area contributed by atoms with Gasteiger partial charge in [0.15, 0.2) is 0 Å². The van der Waals surface area contributed by atoms with Crippen molar-refractivity contribution in [2.24, 2.45) is 5.92 Å². The lowest BCUT2D eigenvalue weighted by Crippen LogP contribution is -2.48. The van der Waals surface area contributed by atoms with Gasteiger partial charge in [0.2, 0.25) is 10.0 Å². The van der Waals surface area contributed by atoms with Gasteiger partial charge in [-0.15, -0.1) is 5.48 Å². The zero-order chi connectivity index (χ0) is 24.6. The topological polar surface area (TPSA) is 84.9 Å². The molecule has 1 aromatic rings. The predicted molar refractivity (Wildman–Crippen MR) is 117 cm³/mol. The molecule has 33 heavy (non-hydrogen) atoms. The van der Waals surface area contributed by atoms with E-state index in [1.165, 1.54) is 4.31 Å². The summed E-state index contributed by atoms with van der Waals surface area (Å²) < 4.78 is 68.3. The Morgan fingerprint density at radius 2 is 2.03 bits per heavy atom. The van der Waals surface area contributed by atoms with Crippen LogP contribution in [0.15, 0.2) is 60.7 Å². The monoisotopic (exact) mass is 488 g/mol. The molecule has 0 unspecified atom stereocenters. The van der Waals surface area contributed by atoms with Gasteiger partial charge in [-0.2, -0.15) is 17.5 Å². The van der Waals surface area contributed by atoms with Crippen LogP contribution in [0, 0.1) is 5.92 Å². The highest BCUT2D eigenvalue weighted by Gasteiger charge is 2.41. The fourth-order valence-corrected chi connectivity index (χ4v) is 4.12. The molecule has 2 rings (SSSR count). The largest absolute Gasteiger partial charge is 0.492 e. The van der Waals surface area contributed by atoms with Gasteiger partial charge in [0.25, 0.3) is 0 Å². The van der Waals surface area contributed by atoms with E-state index >= 15 is 0 Å². The summed E-state index contributed by atoms with van der Waals surface area (Å²) in [6, 6.07) is 6.47. The molecular weight excluding hydrogens is 461 g/mol. The smallest absolute Gasteiger partial charge is 0.489 e. The number of rotatable bonds is 9. The highest BCUT2D eigenvalue weighted by Crippen LogP contribution is 2.28. The average molecular weight is 489 g/mol. The Morgan fingerprint density at radius 1 is 1.30 bits per heavy atom. The molecular formula is C22H27F3N2O5S. The second kappa shape index (κ2) is 11.5. The van der Waals surface area contributed by atoms with Crippen LogP contribution in [0.4, 0.5) is 13.2 Å². The van der Waals surface area contributed by atoms with Gasteiger partial charge in [-0.3, -0.25) is 0 Å². The molecule has 1 aromatic carbocycles. The third-order valence-corrected chi connectivity index (χ3v) is 6.10.